The summed E-state index contributed by atoms with van der Waals surface area (Å²) in [5.41, 5.74) is 2.23. The maximum Gasteiger partial charge on any atom is 0.411 e. The van der Waals surface area contributed by atoms with Gasteiger partial charge in [0.05, 0.1) is 12.0 Å². The van der Waals surface area contributed by atoms with Crippen LogP contribution in [-0.2, 0) is 20.7 Å². The molecule has 1 amide bonds. The molecule has 2 heterocycles. The molecule has 9 heteroatoms. The van der Waals surface area contributed by atoms with Gasteiger partial charge in [0.2, 0.25) is 0 Å². The lowest BCUT2D eigenvalue weighted by Gasteiger charge is -2.41. The first-order valence-electron chi connectivity index (χ1n) is 10.5. The second-order valence-electron chi connectivity index (χ2n) is 8.94. The Kier molecular flexibility index (Phi) is 5.57. The quantitative estimate of drug-likeness (QED) is 0.356. The normalized spacial score (nSPS) is 18.0. The Morgan fingerprint density at radius 3 is 2.39 bits per heavy atom. The van der Waals surface area contributed by atoms with Gasteiger partial charge in [-0.2, -0.15) is 0 Å². The molecule has 0 saturated heterocycles. The number of carbonyl (C=O) groups excluding carboxylic acids is 2. The molecule has 2 aromatic carbocycles. The number of hydrogen-bond acceptors (Lipinski definition) is 6. The van der Waals surface area contributed by atoms with Crippen molar-refractivity contribution >= 4 is 28.7 Å². The summed E-state index contributed by atoms with van der Waals surface area (Å²) in [6.45, 7) is 5.24. The van der Waals surface area contributed by atoms with Gasteiger partial charge in [0.15, 0.2) is 0 Å². The van der Waals surface area contributed by atoms with Crippen molar-refractivity contribution in [3.63, 3.8) is 0 Å². The van der Waals surface area contributed by atoms with Gasteiger partial charge in [0.1, 0.15) is 17.7 Å². The molecule has 0 fully saturated rings. The van der Waals surface area contributed by atoms with E-state index < -0.39 is 34.7 Å². The van der Waals surface area contributed by atoms with Crippen molar-refractivity contribution in [1.82, 2.24) is 9.88 Å². The minimum Gasteiger partial charge on any atom is -0.467 e. The molecule has 2 unspecified atom stereocenters. The summed E-state index contributed by atoms with van der Waals surface area (Å²) < 4.78 is 10.7. The first kappa shape index (κ1) is 22.3. The molecule has 3 aromatic rings. The highest BCUT2D eigenvalue weighted by atomic mass is 16.6. The molecule has 0 saturated carbocycles. The molecule has 4 rings (SSSR count). The first-order valence-corrected chi connectivity index (χ1v) is 10.5. The van der Waals surface area contributed by atoms with Gasteiger partial charge in [-0.3, -0.25) is 15.0 Å². The number of non-ortho nitro benzene ring substituents is 1. The Hall–Kier alpha value is -3.88. The number of amides is 1. The van der Waals surface area contributed by atoms with E-state index in [1.807, 2.05) is 24.3 Å². The second kappa shape index (κ2) is 8.23. The summed E-state index contributed by atoms with van der Waals surface area (Å²) in [5, 5.41) is 12.1. The van der Waals surface area contributed by atoms with Gasteiger partial charge in [0, 0.05) is 35.2 Å². The Labute approximate surface area is 190 Å². The number of fused-ring (bicyclic) bond motifs is 3. The molecule has 1 aromatic heterocycles. The Morgan fingerprint density at radius 1 is 1.12 bits per heavy atom. The predicted octanol–water partition coefficient (Wildman–Crippen LogP) is 4.50. The molecule has 9 nitrogen and oxygen atoms in total. The number of hydrogen-bond donors (Lipinski definition) is 1. The van der Waals surface area contributed by atoms with E-state index in [1.54, 1.807) is 32.9 Å². The monoisotopic (exact) mass is 451 g/mol. The van der Waals surface area contributed by atoms with E-state index in [1.165, 1.54) is 24.1 Å². The van der Waals surface area contributed by atoms with E-state index >= 15 is 0 Å². The highest BCUT2D eigenvalue weighted by Crippen LogP contribution is 2.42. The topological polar surface area (TPSA) is 115 Å². The molecule has 33 heavy (non-hydrogen) atoms. The smallest absolute Gasteiger partial charge is 0.411 e. The zero-order valence-corrected chi connectivity index (χ0v) is 18.8. The number of carbonyl (C=O) groups is 2. The number of benzene rings is 2. The fourth-order valence-corrected chi connectivity index (χ4v) is 4.27. The van der Waals surface area contributed by atoms with Crippen LogP contribution in [0.4, 0.5) is 10.5 Å². The molecular weight excluding hydrogens is 426 g/mol. The molecule has 0 aliphatic carbocycles. The number of nitrogens with zero attached hydrogens (tertiary/aromatic N) is 2. The molecule has 0 radical (unpaired) electrons. The van der Waals surface area contributed by atoms with Gasteiger partial charge < -0.3 is 14.5 Å². The molecular formula is C24H25N3O6. The minimum absolute atomic E-state index is 0.0697. The van der Waals surface area contributed by atoms with Gasteiger partial charge in [-0.15, -0.1) is 0 Å². The number of aromatic nitrogens is 1. The van der Waals surface area contributed by atoms with Crippen LogP contribution in [0, 0.1) is 10.1 Å². The standard InChI is InChI=1S/C24H25N3O6/c1-24(2,3)33-23(29)26-19(22(28)32-4)13-17-16-7-5-6-8-18(16)25-20(17)21(26)14-9-11-15(12-10-14)27(30)31/h5-12,19,21,25H,13H2,1-4H3. The highest BCUT2D eigenvalue weighted by Gasteiger charge is 2.45. The number of H-pyrrole nitrogens is 1. The third kappa shape index (κ3) is 4.13. The lowest BCUT2D eigenvalue weighted by molar-refractivity contribution is -0.384. The average molecular weight is 451 g/mol. The molecule has 172 valence electrons. The Balaban J connectivity index is 1.94. The van der Waals surface area contributed by atoms with E-state index in [2.05, 4.69) is 4.98 Å². The van der Waals surface area contributed by atoms with Gasteiger partial charge in [0.25, 0.3) is 5.69 Å². The first-order chi connectivity index (χ1) is 15.6. The number of para-hydroxylation sites is 1. The molecule has 1 aliphatic heterocycles. The van der Waals surface area contributed by atoms with Crippen LogP contribution >= 0.6 is 0 Å². The van der Waals surface area contributed by atoms with Crippen LogP contribution in [0.15, 0.2) is 48.5 Å². The summed E-state index contributed by atoms with van der Waals surface area (Å²) in [5.74, 6) is -0.566. The fraction of sp³-hybridized carbons (Fsp3) is 0.333. The number of esters is 1. The van der Waals surface area contributed by atoms with Gasteiger partial charge in [-0.25, -0.2) is 9.59 Å². The van der Waals surface area contributed by atoms with Gasteiger partial charge in [-0.1, -0.05) is 18.2 Å². The van der Waals surface area contributed by atoms with Crippen LogP contribution in [-0.4, -0.2) is 45.6 Å². The maximum atomic E-state index is 13.4. The Morgan fingerprint density at radius 2 is 1.79 bits per heavy atom. The van der Waals surface area contributed by atoms with Crippen LogP contribution < -0.4 is 0 Å². The van der Waals surface area contributed by atoms with Crippen LogP contribution in [0.25, 0.3) is 10.9 Å². The Bertz CT molecular complexity index is 1230. The van der Waals surface area contributed by atoms with Crippen LogP contribution in [0.5, 0.6) is 0 Å². The second-order valence-corrected chi connectivity index (χ2v) is 8.94. The lowest BCUT2D eigenvalue weighted by Crippen LogP contribution is -2.53. The maximum absolute atomic E-state index is 13.4. The summed E-state index contributed by atoms with van der Waals surface area (Å²) in [6, 6.07) is 12.0. The number of nitro groups is 1. The summed E-state index contributed by atoms with van der Waals surface area (Å²) >= 11 is 0. The van der Waals surface area contributed by atoms with E-state index in [0.29, 0.717) is 5.56 Å². The van der Waals surface area contributed by atoms with Crippen molar-refractivity contribution in [2.45, 2.75) is 44.9 Å². The molecule has 0 spiro atoms. The van der Waals surface area contributed by atoms with Gasteiger partial charge >= 0.3 is 12.1 Å². The summed E-state index contributed by atoms with van der Waals surface area (Å²) in [4.78, 5) is 41.7. The predicted molar refractivity (Wildman–Crippen MR) is 121 cm³/mol. The number of ether oxygens (including phenoxy) is 2. The number of nitro benzene ring substituents is 1. The minimum atomic E-state index is -0.934. The van der Waals surface area contributed by atoms with Crippen molar-refractivity contribution in [1.29, 1.82) is 0 Å². The highest BCUT2D eigenvalue weighted by molar-refractivity contribution is 5.89. The van der Waals surface area contributed by atoms with Crippen molar-refractivity contribution in [3.05, 3.63) is 75.5 Å². The average Bonchev–Trinajstić information content (AvgIpc) is 3.14. The molecule has 0 bridgehead atoms. The van der Waals surface area contributed by atoms with Crippen molar-refractivity contribution in [3.8, 4) is 0 Å². The molecule has 2 atom stereocenters. The van der Waals surface area contributed by atoms with Gasteiger partial charge in [-0.05, 0) is 50.1 Å². The van der Waals surface area contributed by atoms with Crippen molar-refractivity contribution in [2.24, 2.45) is 0 Å². The number of aromatic amines is 1. The largest absolute Gasteiger partial charge is 0.467 e. The van der Waals surface area contributed by atoms with Crippen molar-refractivity contribution < 1.29 is 24.0 Å². The van der Waals surface area contributed by atoms with E-state index in [0.717, 1.165) is 22.2 Å². The summed E-state index contributed by atoms with van der Waals surface area (Å²) in [6.07, 6.45) is -0.431. The fourth-order valence-electron chi connectivity index (χ4n) is 4.27. The van der Waals surface area contributed by atoms with Crippen LogP contribution in [0.1, 0.15) is 43.6 Å². The van der Waals surface area contributed by atoms with E-state index in [9.17, 15) is 19.7 Å². The number of methoxy groups -OCH3 is 1. The SMILES string of the molecule is COC(=O)C1Cc2c([nH]c3ccccc23)C(c2ccc([N+](=O)[O-])cc2)N1C(=O)OC(C)(C)C. The van der Waals surface area contributed by atoms with E-state index in [4.69, 9.17) is 9.47 Å². The number of nitrogens with one attached hydrogen (secondary N) is 1. The zero-order chi connectivity index (χ0) is 23.9. The van der Waals surface area contributed by atoms with E-state index in [-0.39, 0.29) is 12.1 Å². The summed E-state index contributed by atoms with van der Waals surface area (Å²) in [7, 11) is 1.28. The third-order valence-electron chi connectivity index (χ3n) is 5.63. The molecule has 1 aliphatic rings. The lowest BCUT2D eigenvalue weighted by atomic mass is 9.88. The molecule has 1 N–H and O–H groups in total. The number of rotatable bonds is 3. The van der Waals surface area contributed by atoms with Crippen molar-refractivity contribution in [2.75, 3.05) is 7.11 Å². The zero-order valence-electron chi connectivity index (χ0n) is 18.8. The van der Waals surface area contributed by atoms with Crippen LogP contribution in [0.2, 0.25) is 0 Å². The van der Waals surface area contributed by atoms with Crippen LogP contribution in [0.3, 0.4) is 0 Å². The third-order valence-corrected chi connectivity index (χ3v) is 5.63.